The van der Waals surface area contributed by atoms with Crippen molar-refractivity contribution in [2.75, 3.05) is 25.1 Å². The topological polar surface area (TPSA) is 70.6 Å². The third kappa shape index (κ3) is 4.03. The van der Waals surface area contributed by atoms with Crippen molar-refractivity contribution in [3.63, 3.8) is 0 Å². The van der Waals surface area contributed by atoms with Crippen molar-refractivity contribution in [2.45, 2.75) is 44.6 Å². The van der Waals surface area contributed by atoms with E-state index in [-0.39, 0.29) is 35.8 Å². The summed E-state index contributed by atoms with van der Waals surface area (Å²) < 4.78 is 23.0. The number of halogens is 1. The first-order valence-electron chi connectivity index (χ1n) is 7.71. The van der Waals surface area contributed by atoms with E-state index in [0.29, 0.717) is 17.6 Å². The number of nitrogens with one attached hydrogen (secondary N) is 2. The molecule has 1 unspecified atom stereocenters. The second-order valence-electron chi connectivity index (χ2n) is 6.66. The van der Waals surface area contributed by atoms with Gasteiger partial charge in [-0.2, -0.15) is 0 Å². The lowest BCUT2D eigenvalue weighted by Gasteiger charge is -2.43. The summed E-state index contributed by atoms with van der Waals surface area (Å²) in [4.78, 5) is 4.24. The largest absolute Gasteiger partial charge is 0.356 e. The van der Waals surface area contributed by atoms with Gasteiger partial charge in [0.25, 0.3) is 0 Å². The minimum Gasteiger partial charge on any atom is -0.356 e. The Hall–Kier alpha value is -0.0500. The average Bonchev–Trinajstić information content (AvgIpc) is 3.12. The molecule has 1 aliphatic heterocycles. The van der Waals surface area contributed by atoms with Gasteiger partial charge in [-0.3, -0.25) is 4.99 Å². The van der Waals surface area contributed by atoms with Crippen molar-refractivity contribution in [3.05, 3.63) is 0 Å². The second kappa shape index (κ2) is 6.60. The Bertz CT molecular complexity index is 498. The average molecular weight is 427 g/mol. The van der Waals surface area contributed by atoms with Crippen LogP contribution >= 0.6 is 24.0 Å². The minimum absolute atomic E-state index is 0. The molecule has 0 aromatic carbocycles. The highest BCUT2D eigenvalue weighted by Crippen LogP contribution is 2.56. The van der Waals surface area contributed by atoms with Crippen LogP contribution in [0, 0.1) is 11.3 Å². The fourth-order valence-corrected chi connectivity index (χ4v) is 5.29. The van der Waals surface area contributed by atoms with Gasteiger partial charge in [0.05, 0.1) is 11.5 Å². The van der Waals surface area contributed by atoms with E-state index in [1.807, 2.05) is 0 Å². The lowest BCUT2D eigenvalue weighted by molar-refractivity contribution is 0.106. The van der Waals surface area contributed by atoms with Gasteiger partial charge in [-0.1, -0.05) is 6.42 Å². The number of rotatable bonds is 4. The summed E-state index contributed by atoms with van der Waals surface area (Å²) in [6, 6.07) is 0.0180. The van der Waals surface area contributed by atoms with E-state index in [1.54, 1.807) is 7.05 Å². The molecule has 2 aliphatic carbocycles. The molecule has 122 valence electrons. The zero-order valence-corrected chi connectivity index (χ0v) is 15.7. The summed E-state index contributed by atoms with van der Waals surface area (Å²) in [5.41, 5.74) is 0.499. The first-order valence-corrected chi connectivity index (χ1v) is 9.53. The number of nitrogens with zero attached hydrogens (tertiary/aromatic N) is 1. The highest BCUT2D eigenvalue weighted by Gasteiger charge is 2.48. The fourth-order valence-electron chi connectivity index (χ4n) is 3.61. The van der Waals surface area contributed by atoms with Crippen molar-refractivity contribution >= 4 is 39.8 Å². The van der Waals surface area contributed by atoms with E-state index in [4.69, 9.17) is 0 Å². The molecule has 0 amide bonds. The Morgan fingerprint density at radius 2 is 2.00 bits per heavy atom. The molecule has 1 atom stereocenters. The van der Waals surface area contributed by atoms with E-state index >= 15 is 0 Å². The molecule has 5 nitrogen and oxygen atoms in total. The third-order valence-corrected chi connectivity index (χ3v) is 6.97. The van der Waals surface area contributed by atoms with E-state index in [1.165, 1.54) is 32.1 Å². The molecule has 2 N–H and O–H groups in total. The van der Waals surface area contributed by atoms with Crippen LogP contribution < -0.4 is 10.6 Å². The fraction of sp³-hybridized carbons (Fsp3) is 0.929. The summed E-state index contributed by atoms with van der Waals surface area (Å²) in [5, 5.41) is 6.69. The summed E-state index contributed by atoms with van der Waals surface area (Å²) >= 11 is 0. The molecule has 0 aromatic heterocycles. The molecule has 21 heavy (non-hydrogen) atoms. The maximum Gasteiger partial charge on any atom is 0.191 e. The molecular weight excluding hydrogens is 401 g/mol. The van der Waals surface area contributed by atoms with Crippen molar-refractivity contribution in [1.82, 2.24) is 10.6 Å². The number of aliphatic imine (C=N–C) groups is 1. The van der Waals surface area contributed by atoms with Crippen LogP contribution in [-0.4, -0.2) is 45.5 Å². The Labute approximate surface area is 144 Å². The smallest absolute Gasteiger partial charge is 0.191 e. The quantitative estimate of drug-likeness (QED) is 0.406. The molecule has 3 rings (SSSR count). The molecule has 3 aliphatic rings. The van der Waals surface area contributed by atoms with E-state index in [2.05, 4.69) is 15.6 Å². The van der Waals surface area contributed by atoms with Crippen molar-refractivity contribution in [3.8, 4) is 0 Å². The first kappa shape index (κ1) is 17.3. The standard InChI is InChI=1S/C14H25N3O2S.HI/c1-15-13(17-12-5-8-20(18,19)9-12)16-10-14(6-2-7-14)11-3-4-11;/h11-12H,2-10H2,1H3,(H2,15,16,17);1H. The molecular formula is C14H26IN3O2S. The molecule has 0 spiro atoms. The number of sulfone groups is 1. The third-order valence-electron chi connectivity index (χ3n) is 5.20. The summed E-state index contributed by atoms with van der Waals surface area (Å²) in [6.07, 6.45) is 7.48. The van der Waals surface area contributed by atoms with Crippen LogP contribution in [-0.2, 0) is 9.84 Å². The molecule has 0 aromatic rings. The SMILES string of the molecule is CN=C(NCC1(C2CC2)CCC1)NC1CCS(=O)(=O)C1.I. The van der Waals surface area contributed by atoms with Crippen molar-refractivity contribution < 1.29 is 8.42 Å². The monoisotopic (exact) mass is 427 g/mol. The molecule has 0 bridgehead atoms. The highest BCUT2D eigenvalue weighted by molar-refractivity contribution is 14.0. The van der Waals surface area contributed by atoms with Gasteiger partial charge >= 0.3 is 0 Å². The van der Waals surface area contributed by atoms with Crippen LogP contribution in [0.25, 0.3) is 0 Å². The maximum atomic E-state index is 11.5. The van der Waals surface area contributed by atoms with Crippen LogP contribution in [0.5, 0.6) is 0 Å². The maximum absolute atomic E-state index is 11.5. The zero-order chi connectivity index (χ0) is 14.2. The van der Waals surface area contributed by atoms with Gasteiger partial charge in [0.1, 0.15) is 0 Å². The summed E-state index contributed by atoms with van der Waals surface area (Å²) in [5.74, 6) is 2.21. The number of hydrogen-bond donors (Lipinski definition) is 2. The number of guanidine groups is 1. The van der Waals surface area contributed by atoms with Crippen LogP contribution in [0.15, 0.2) is 4.99 Å². The predicted octanol–water partition coefficient (Wildman–Crippen LogP) is 1.54. The van der Waals surface area contributed by atoms with Gasteiger partial charge in [0.2, 0.25) is 0 Å². The Kier molecular flexibility index (Phi) is 5.44. The highest BCUT2D eigenvalue weighted by atomic mass is 127. The number of hydrogen-bond acceptors (Lipinski definition) is 3. The van der Waals surface area contributed by atoms with Gasteiger partial charge in [-0.15, -0.1) is 24.0 Å². The Morgan fingerprint density at radius 1 is 1.29 bits per heavy atom. The molecule has 1 heterocycles. The lowest BCUT2D eigenvalue weighted by Crippen LogP contribution is -2.50. The van der Waals surface area contributed by atoms with Gasteiger partial charge < -0.3 is 10.6 Å². The predicted molar refractivity (Wildman–Crippen MR) is 96.0 cm³/mol. The van der Waals surface area contributed by atoms with Gasteiger partial charge in [0.15, 0.2) is 15.8 Å². The van der Waals surface area contributed by atoms with Gasteiger partial charge in [0, 0.05) is 19.6 Å². The Morgan fingerprint density at radius 3 is 2.43 bits per heavy atom. The molecule has 1 saturated heterocycles. The minimum atomic E-state index is -2.83. The van der Waals surface area contributed by atoms with Gasteiger partial charge in [-0.05, 0) is 43.4 Å². The second-order valence-corrected chi connectivity index (χ2v) is 8.89. The normalized spacial score (nSPS) is 30.1. The Balaban J connectivity index is 0.00000161. The lowest BCUT2D eigenvalue weighted by atomic mass is 9.65. The zero-order valence-electron chi connectivity index (χ0n) is 12.6. The van der Waals surface area contributed by atoms with E-state index < -0.39 is 9.84 Å². The van der Waals surface area contributed by atoms with Crippen molar-refractivity contribution in [1.29, 1.82) is 0 Å². The van der Waals surface area contributed by atoms with E-state index in [9.17, 15) is 8.42 Å². The molecule has 0 radical (unpaired) electrons. The summed E-state index contributed by atoms with van der Waals surface area (Å²) in [6.45, 7) is 0.983. The molecule has 3 fully saturated rings. The van der Waals surface area contributed by atoms with Crippen LogP contribution in [0.3, 0.4) is 0 Å². The van der Waals surface area contributed by atoms with Crippen LogP contribution in [0.2, 0.25) is 0 Å². The molecule has 7 heteroatoms. The van der Waals surface area contributed by atoms with E-state index in [0.717, 1.165) is 18.4 Å². The first-order chi connectivity index (χ1) is 9.53. The van der Waals surface area contributed by atoms with Gasteiger partial charge in [-0.25, -0.2) is 8.42 Å². The summed E-state index contributed by atoms with van der Waals surface area (Å²) in [7, 11) is -1.08. The van der Waals surface area contributed by atoms with Crippen LogP contribution in [0.4, 0.5) is 0 Å². The van der Waals surface area contributed by atoms with Crippen LogP contribution in [0.1, 0.15) is 38.5 Å². The molecule has 2 saturated carbocycles. The van der Waals surface area contributed by atoms with Crippen molar-refractivity contribution in [2.24, 2.45) is 16.3 Å².